The number of amides is 2. The molecule has 1 heterocycles. The van der Waals surface area contributed by atoms with Crippen LogP contribution in [0.3, 0.4) is 0 Å². The van der Waals surface area contributed by atoms with Crippen molar-refractivity contribution in [3.8, 4) is 0 Å². The number of rotatable bonds is 5. The number of anilines is 1. The summed E-state index contributed by atoms with van der Waals surface area (Å²) in [6.07, 6.45) is 1.60. The van der Waals surface area contributed by atoms with Crippen LogP contribution in [-0.4, -0.2) is 28.1 Å². The molecule has 0 aromatic carbocycles. The number of carboxylic acids is 1. The molecule has 7 heteroatoms. The topological polar surface area (TPSA) is 91.3 Å². The number of nitrogens with zero attached hydrogens (tertiary/aromatic N) is 1. The van der Waals surface area contributed by atoms with Crippen LogP contribution < -0.4 is 10.6 Å². The van der Waals surface area contributed by atoms with Gasteiger partial charge in [0.1, 0.15) is 6.04 Å². The Morgan fingerprint density at radius 2 is 2.41 bits per heavy atom. The zero-order valence-electron chi connectivity index (χ0n) is 9.27. The van der Waals surface area contributed by atoms with Crippen molar-refractivity contribution < 1.29 is 14.7 Å². The lowest BCUT2D eigenvalue weighted by Gasteiger charge is -2.12. The van der Waals surface area contributed by atoms with Crippen LogP contribution in [0.5, 0.6) is 0 Å². The Kier molecular flexibility index (Phi) is 4.65. The predicted octanol–water partition coefficient (Wildman–Crippen LogP) is 1.60. The van der Waals surface area contributed by atoms with E-state index in [1.54, 1.807) is 12.3 Å². The van der Waals surface area contributed by atoms with E-state index < -0.39 is 18.0 Å². The number of aliphatic carboxylic acids is 1. The van der Waals surface area contributed by atoms with Crippen LogP contribution in [0.1, 0.15) is 12.1 Å². The van der Waals surface area contributed by atoms with Crippen LogP contribution in [0, 0.1) is 6.92 Å². The molecule has 1 aromatic rings. The second-order valence-corrected chi connectivity index (χ2v) is 4.17. The van der Waals surface area contributed by atoms with Crippen molar-refractivity contribution in [1.82, 2.24) is 10.3 Å². The van der Waals surface area contributed by atoms with Crippen LogP contribution in [0.15, 0.2) is 18.0 Å². The number of carboxylic acid groups (broad SMARTS) is 1. The lowest BCUT2D eigenvalue weighted by molar-refractivity contribution is -0.139. The largest absolute Gasteiger partial charge is 0.480 e. The summed E-state index contributed by atoms with van der Waals surface area (Å²) in [5.74, 6) is -1.10. The molecule has 0 saturated carbocycles. The average molecular weight is 255 g/mol. The molecule has 1 aromatic heterocycles. The Morgan fingerprint density at radius 1 is 1.71 bits per heavy atom. The number of aryl methyl sites for hydroxylation is 1. The fraction of sp³-hybridized carbons (Fsp3) is 0.300. The van der Waals surface area contributed by atoms with Crippen LogP contribution >= 0.6 is 11.3 Å². The molecule has 17 heavy (non-hydrogen) atoms. The van der Waals surface area contributed by atoms with Gasteiger partial charge in [0.05, 0.1) is 5.69 Å². The summed E-state index contributed by atoms with van der Waals surface area (Å²) in [4.78, 5) is 26.3. The van der Waals surface area contributed by atoms with Crippen LogP contribution in [0.4, 0.5) is 9.93 Å². The number of hydrogen-bond acceptors (Lipinski definition) is 4. The molecule has 0 spiro atoms. The molecule has 1 unspecified atom stereocenters. The average Bonchev–Trinajstić information content (AvgIpc) is 2.63. The summed E-state index contributed by atoms with van der Waals surface area (Å²) in [5.41, 5.74) is 0.797. The molecule has 0 fully saturated rings. The van der Waals surface area contributed by atoms with E-state index in [0.29, 0.717) is 5.13 Å². The van der Waals surface area contributed by atoms with Crippen molar-refractivity contribution in [3.63, 3.8) is 0 Å². The lowest BCUT2D eigenvalue weighted by Crippen LogP contribution is -2.42. The molecule has 0 aliphatic rings. The number of nitrogens with one attached hydrogen (secondary N) is 2. The number of thiazole rings is 1. The summed E-state index contributed by atoms with van der Waals surface area (Å²) >= 11 is 1.28. The molecule has 1 rings (SSSR count). The number of hydrogen-bond donors (Lipinski definition) is 3. The third kappa shape index (κ3) is 4.23. The van der Waals surface area contributed by atoms with E-state index in [4.69, 9.17) is 5.11 Å². The lowest BCUT2D eigenvalue weighted by atomic mass is 10.2. The summed E-state index contributed by atoms with van der Waals surface area (Å²) in [6, 6.07) is -1.57. The smallest absolute Gasteiger partial charge is 0.326 e. The van der Waals surface area contributed by atoms with Gasteiger partial charge in [-0.2, -0.15) is 0 Å². The van der Waals surface area contributed by atoms with E-state index in [0.717, 1.165) is 5.69 Å². The first kappa shape index (κ1) is 13.2. The van der Waals surface area contributed by atoms with Gasteiger partial charge >= 0.3 is 12.0 Å². The van der Waals surface area contributed by atoms with Crippen molar-refractivity contribution in [2.45, 2.75) is 19.4 Å². The first-order valence-electron chi connectivity index (χ1n) is 4.86. The van der Waals surface area contributed by atoms with E-state index in [-0.39, 0.29) is 6.42 Å². The molecular weight excluding hydrogens is 242 g/mol. The van der Waals surface area contributed by atoms with Crippen molar-refractivity contribution >= 4 is 28.5 Å². The second kappa shape index (κ2) is 6.00. The molecule has 3 N–H and O–H groups in total. The zero-order chi connectivity index (χ0) is 12.8. The molecule has 2 amide bonds. The fourth-order valence-corrected chi connectivity index (χ4v) is 1.77. The van der Waals surface area contributed by atoms with Crippen molar-refractivity contribution in [2.75, 3.05) is 5.32 Å². The van der Waals surface area contributed by atoms with Crippen LogP contribution in [0.25, 0.3) is 0 Å². The highest BCUT2D eigenvalue weighted by Crippen LogP contribution is 2.13. The predicted molar refractivity (Wildman–Crippen MR) is 65.2 cm³/mol. The normalized spacial score (nSPS) is 11.6. The van der Waals surface area contributed by atoms with Gasteiger partial charge in [-0.1, -0.05) is 6.08 Å². The maximum Gasteiger partial charge on any atom is 0.326 e. The Morgan fingerprint density at radius 3 is 2.88 bits per heavy atom. The van der Waals surface area contributed by atoms with Gasteiger partial charge in [-0.15, -0.1) is 17.9 Å². The van der Waals surface area contributed by atoms with Gasteiger partial charge in [-0.3, -0.25) is 5.32 Å². The van der Waals surface area contributed by atoms with E-state index in [1.807, 2.05) is 0 Å². The van der Waals surface area contributed by atoms with Gasteiger partial charge in [0.25, 0.3) is 0 Å². The molecule has 0 bridgehead atoms. The minimum atomic E-state index is -1.10. The highest BCUT2D eigenvalue weighted by molar-refractivity contribution is 7.13. The minimum Gasteiger partial charge on any atom is -0.480 e. The van der Waals surface area contributed by atoms with Crippen molar-refractivity contribution in [3.05, 3.63) is 23.7 Å². The summed E-state index contributed by atoms with van der Waals surface area (Å²) < 4.78 is 0. The zero-order valence-corrected chi connectivity index (χ0v) is 10.1. The number of carbonyl (C=O) groups excluding carboxylic acids is 1. The number of aromatic nitrogens is 1. The molecule has 92 valence electrons. The van der Waals surface area contributed by atoms with E-state index in [9.17, 15) is 9.59 Å². The Bertz CT molecular complexity index is 430. The number of urea groups is 1. The standard InChI is InChI=1S/C10H13N3O3S/c1-3-4-7(8(14)15)12-9(16)13-10-11-6(2)5-17-10/h3,5,7H,1,4H2,2H3,(H,14,15)(H2,11,12,13,16). The Labute approximate surface area is 102 Å². The maximum atomic E-state index is 11.5. The van der Waals surface area contributed by atoms with Gasteiger partial charge in [0.15, 0.2) is 5.13 Å². The van der Waals surface area contributed by atoms with E-state index in [2.05, 4.69) is 22.2 Å². The van der Waals surface area contributed by atoms with Crippen molar-refractivity contribution in [1.29, 1.82) is 0 Å². The third-order valence-electron chi connectivity index (χ3n) is 1.85. The summed E-state index contributed by atoms with van der Waals surface area (Å²) in [6.45, 7) is 5.24. The summed E-state index contributed by atoms with van der Waals surface area (Å²) in [5, 5.41) is 15.8. The van der Waals surface area contributed by atoms with E-state index in [1.165, 1.54) is 17.4 Å². The molecule has 0 aliphatic carbocycles. The Balaban J connectivity index is 2.53. The van der Waals surface area contributed by atoms with Crippen LogP contribution in [0.2, 0.25) is 0 Å². The first-order valence-corrected chi connectivity index (χ1v) is 5.74. The minimum absolute atomic E-state index is 0.166. The van der Waals surface area contributed by atoms with Gasteiger partial charge in [0, 0.05) is 5.38 Å². The van der Waals surface area contributed by atoms with Crippen molar-refractivity contribution in [2.24, 2.45) is 0 Å². The molecule has 1 atom stereocenters. The molecular formula is C10H13N3O3S. The molecule has 0 radical (unpaired) electrons. The SMILES string of the molecule is C=CCC(NC(=O)Nc1nc(C)cs1)C(=O)O. The molecule has 0 saturated heterocycles. The molecule has 0 aliphatic heterocycles. The van der Waals surface area contributed by atoms with E-state index >= 15 is 0 Å². The van der Waals surface area contributed by atoms with Gasteiger partial charge in [0.2, 0.25) is 0 Å². The highest BCUT2D eigenvalue weighted by Gasteiger charge is 2.18. The highest BCUT2D eigenvalue weighted by atomic mass is 32.1. The van der Waals surface area contributed by atoms with Crippen LogP contribution in [-0.2, 0) is 4.79 Å². The molecule has 6 nitrogen and oxygen atoms in total. The fourth-order valence-electron chi connectivity index (χ4n) is 1.09. The van der Waals surface area contributed by atoms with Gasteiger partial charge in [-0.05, 0) is 13.3 Å². The maximum absolute atomic E-state index is 11.5. The quantitative estimate of drug-likeness (QED) is 0.697. The monoisotopic (exact) mass is 255 g/mol. The first-order chi connectivity index (χ1) is 8.02. The van der Waals surface area contributed by atoms with Gasteiger partial charge in [-0.25, -0.2) is 14.6 Å². The van der Waals surface area contributed by atoms with Gasteiger partial charge < -0.3 is 10.4 Å². The third-order valence-corrected chi connectivity index (χ3v) is 2.72. The Hall–Kier alpha value is -1.89. The second-order valence-electron chi connectivity index (χ2n) is 3.31. The number of carbonyl (C=O) groups is 2. The summed E-state index contributed by atoms with van der Waals surface area (Å²) in [7, 11) is 0.